The first-order valence-electron chi connectivity index (χ1n) is 8.03. The van der Waals surface area contributed by atoms with Crippen molar-refractivity contribution in [1.82, 2.24) is 4.90 Å². The quantitative estimate of drug-likeness (QED) is 0.741. The summed E-state index contributed by atoms with van der Waals surface area (Å²) in [5.41, 5.74) is 1.82. The van der Waals surface area contributed by atoms with Gasteiger partial charge in [-0.3, -0.25) is 4.79 Å². The zero-order chi connectivity index (χ0) is 14.7. The number of fused-ring (bicyclic) bond motifs is 1. The highest BCUT2D eigenvalue weighted by atomic mass is 16.2. The topological polar surface area (TPSA) is 44.1 Å². The monoisotopic (exact) mass is 282 g/mol. The standard InChI is InChI=1S/C18H22N2O/c19-14-18(10-5-1-2-6-11-18)17(21)20-12-9-15-7-3-4-8-16(15)13-20/h3-4,7-8H,1-2,5-6,9-13H2. The fourth-order valence-electron chi connectivity index (χ4n) is 3.68. The lowest BCUT2D eigenvalue weighted by Crippen LogP contribution is -2.45. The second-order valence-corrected chi connectivity index (χ2v) is 6.35. The first-order valence-corrected chi connectivity index (χ1v) is 8.03. The van der Waals surface area contributed by atoms with Crippen molar-refractivity contribution in [1.29, 1.82) is 5.26 Å². The normalized spacial score (nSPS) is 21.0. The zero-order valence-corrected chi connectivity index (χ0v) is 12.5. The highest BCUT2D eigenvalue weighted by molar-refractivity contribution is 5.85. The number of hydrogen-bond donors (Lipinski definition) is 0. The lowest BCUT2D eigenvalue weighted by atomic mass is 9.80. The molecule has 1 heterocycles. The van der Waals surface area contributed by atoms with E-state index in [4.69, 9.17) is 0 Å². The summed E-state index contributed by atoms with van der Waals surface area (Å²) in [5.74, 6) is 0.0707. The Kier molecular flexibility index (Phi) is 3.96. The van der Waals surface area contributed by atoms with Gasteiger partial charge in [0.25, 0.3) is 0 Å². The van der Waals surface area contributed by atoms with E-state index in [1.54, 1.807) is 0 Å². The van der Waals surface area contributed by atoms with Crippen molar-refractivity contribution >= 4 is 5.91 Å². The fourth-order valence-corrected chi connectivity index (χ4v) is 3.68. The molecule has 1 saturated carbocycles. The Morgan fingerprint density at radius 2 is 1.76 bits per heavy atom. The number of carbonyl (C=O) groups excluding carboxylic acids is 1. The van der Waals surface area contributed by atoms with Crippen LogP contribution in [0.4, 0.5) is 0 Å². The van der Waals surface area contributed by atoms with E-state index in [1.807, 2.05) is 11.0 Å². The summed E-state index contributed by atoms with van der Waals surface area (Å²) in [7, 11) is 0. The third kappa shape index (κ3) is 2.68. The Morgan fingerprint density at radius 3 is 2.43 bits per heavy atom. The van der Waals surface area contributed by atoms with Crippen LogP contribution >= 0.6 is 0 Å². The lowest BCUT2D eigenvalue weighted by Gasteiger charge is -2.35. The number of amides is 1. The van der Waals surface area contributed by atoms with E-state index in [2.05, 4.69) is 24.3 Å². The van der Waals surface area contributed by atoms with Gasteiger partial charge in [0, 0.05) is 13.1 Å². The van der Waals surface area contributed by atoms with Gasteiger partial charge in [-0.1, -0.05) is 49.9 Å². The Hall–Kier alpha value is -1.82. The molecular weight excluding hydrogens is 260 g/mol. The molecule has 1 amide bonds. The van der Waals surface area contributed by atoms with Crippen LogP contribution in [-0.2, 0) is 17.8 Å². The number of carbonyl (C=O) groups is 1. The molecule has 1 aliphatic heterocycles. The first-order chi connectivity index (χ1) is 10.2. The van der Waals surface area contributed by atoms with Crippen LogP contribution in [0.15, 0.2) is 24.3 Å². The average Bonchev–Trinajstić information content (AvgIpc) is 2.80. The number of nitrogens with zero attached hydrogens (tertiary/aromatic N) is 2. The molecule has 0 atom stereocenters. The molecular formula is C18H22N2O. The van der Waals surface area contributed by atoms with Gasteiger partial charge >= 0.3 is 0 Å². The molecule has 0 unspecified atom stereocenters. The van der Waals surface area contributed by atoms with Crippen LogP contribution in [0.3, 0.4) is 0 Å². The zero-order valence-electron chi connectivity index (χ0n) is 12.5. The van der Waals surface area contributed by atoms with Crippen molar-refractivity contribution in [2.75, 3.05) is 6.54 Å². The maximum atomic E-state index is 13.0. The molecule has 0 bridgehead atoms. The Bertz CT molecular complexity index is 565. The van der Waals surface area contributed by atoms with Crippen LogP contribution in [0.2, 0.25) is 0 Å². The van der Waals surface area contributed by atoms with Crippen LogP contribution < -0.4 is 0 Å². The van der Waals surface area contributed by atoms with Gasteiger partial charge in [-0.25, -0.2) is 0 Å². The molecule has 3 rings (SSSR count). The van der Waals surface area contributed by atoms with E-state index in [-0.39, 0.29) is 5.91 Å². The molecule has 0 spiro atoms. The molecule has 0 aromatic heterocycles. The largest absolute Gasteiger partial charge is 0.337 e. The second-order valence-electron chi connectivity index (χ2n) is 6.35. The maximum absolute atomic E-state index is 13.0. The molecule has 0 N–H and O–H groups in total. The van der Waals surface area contributed by atoms with E-state index >= 15 is 0 Å². The van der Waals surface area contributed by atoms with Crippen molar-refractivity contribution in [3.05, 3.63) is 35.4 Å². The van der Waals surface area contributed by atoms with Gasteiger partial charge in [0.15, 0.2) is 0 Å². The molecule has 21 heavy (non-hydrogen) atoms. The fraction of sp³-hybridized carbons (Fsp3) is 0.556. The smallest absolute Gasteiger partial charge is 0.243 e. The molecule has 3 nitrogen and oxygen atoms in total. The minimum Gasteiger partial charge on any atom is -0.337 e. The molecule has 0 radical (unpaired) electrons. The van der Waals surface area contributed by atoms with Crippen molar-refractivity contribution in [2.24, 2.45) is 5.41 Å². The van der Waals surface area contributed by atoms with Crippen LogP contribution in [0.25, 0.3) is 0 Å². The van der Waals surface area contributed by atoms with E-state index < -0.39 is 5.41 Å². The summed E-state index contributed by atoms with van der Waals surface area (Å²) in [6, 6.07) is 10.7. The van der Waals surface area contributed by atoms with Gasteiger partial charge in [0.1, 0.15) is 5.41 Å². The molecule has 3 heteroatoms. The van der Waals surface area contributed by atoms with E-state index in [1.165, 1.54) is 11.1 Å². The molecule has 0 saturated heterocycles. The highest BCUT2D eigenvalue weighted by Gasteiger charge is 2.42. The summed E-state index contributed by atoms with van der Waals surface area (Å²) >= 11 is 0. The number of benzene rings is 1. The number of hydrogen-bond acceptors (Lipinski definition) is 2. The Labute approximate surface area is 126 Å². The van der Waals surface area contributed by atoms with Gasteiger partial charge in [0.2, 0.25) is 5.91 Å². The van der Waals surface area contributed by atoms with E-state index in [0.29, 0.717) is 6.54 Å². The molecule has 2 aliphatic rings. The highest BCUT2D eigenvalue weighted by Crippen LogP contribution is 2.37. The molecule has 1 aliphatic carbocycles. The third-order valence-electron chi connectivity index (χ3n) is 5.00. The predicted octanol–water partition coefficient (Wildman–Crippen LogP) is 3.44. The van der Waals surface area contributed by atoms with Crippen LogP contribution in [0.1, 0.15) is 49.7 Å². The first kappa shape index (κ1) is 14.1. The average molecular weight is 282 g/mol. The van der Waals surface area contributed by atoms with Gasteiger partial charge < -0.3 is 4.90 Å². The van der Waals surface area contributed by atoms with Crippen molar-refractivity contribution in [2.45, 2.75) is 51.5 Å². The summed E-state index contributed by atoms with van der Waals surface area (Å²) in [6.45, 7) is 1.41. The molecule has 1 aromatic rings. The Balaban J connectivity index is 1.80. The van der Waals surface area contributed by atoms with E-state index in [0.717, 1.165) is 51.5 Å². The summed E-state index contributed by atoms with van der Waals surface area (Å²) in [4.78, 5) is 14.9. The number of rotatable bonds is 1. The molecule has 1 aromatic carbocycles. The minimum absolute atomic E-state index is 0.0707. The van der Waals surface area contributed by atoms with Crippen molar-refractivity contribution < 1.29 is 4.79 Å². The van der Waals surface area contributed by atoms with Crippen molar-refractivity contribution in [3.63, 3.8) is 0 Å². The number of nitriles is 1. The second kappa shape index (κ2) is 5.89. The van der Waals surface area contributed by atoms with Crippen molar-refractivity contribution in [3.8, 4) is 6.07 Å². The Morgan fingerprint density at radius 1 is 1.10 bits per heavy atom. The maximum Gasteiger partial charge on any atom is 0.243 e. The van der Waals surface area contributed by atoms with Gasteiger partial charge in [-0.15, -0.1) is 0 Å². The van der Waals surface area contributed by atoms with Gasteiger partial charge in [0.05, 0.1) is 6.07 Å². The summed E-state index contributed by atoms with van der Waals surface area (Å²) in [5, 5.41) is 9.67. The third-order valence-corrected chi connectivity index (χ3v) is 5.00. The van der Waals surface area contributed by atoms with Crippen LogP contribution in [0, 0.1) is 16.7 Å². The van der Waals surface area contributed by atoms with Gasteiger partial charge in [-0.05, 0) is 30.4 Å². The SMILES string of the molecule is N#CC1(C(=O)N2CCc3ccccc3C2)CCCCCC1. The van der Waals surface area contributed by atoms with E-state index in [9.17, 15) is 10.1 Å². The minimum atomic E-state index is -0.761. The van der Waals surface area contributed by atoms with Crippen LogP contribution in [-0.4, -0.2) is 17.4 Å². The summed E-state index contributed by atoms with van der Waals surface area (Å²) in [6.07, 6.45) is 6.69. The van der Waals surface area contributed by atoms with Crippen LogP contribution in [0.5, 0.6) is 0 Å². The lowest BCUT2D eigenvalue weighted by molar-refractivity contribution is -0.140. The van der Waals surface area contributed by atoms with Gasteiger partial charge in [-0.2, -0.15) is 5.26 Å². The molecule has 1 fully saturated rings. The molecule has 110 valence electrons. The summed E-state index contributed by atoms with van der Waals surface area (Å²) < 4.78 is 0. The predicted molar refractivity (Wildman–Crippen MR) is 81.3 cm³/mol.